The summed E-state index contributed by atoms with van der Waals surface area (Å²) in [5, 5.41) is 4.23. The monoisotopic (exact) mass is 314 g/mol. The molecule has 4 nitrogen and oxygen atoms in total. The lowest BCUT2D eigenvalue weighted by Gasteiger charge is -2.22. The van der Waals surface area contributed by atoms with Crippen LogP contribution in [0.15, 0.2) is 23.0 Å². The standard InChI is InChI=1S/C19H26N2O2/c1-13-6-7-14(2)19-18(13)17(22)11-15(21-19)12-20-9-8-16-5-3-4-10-23-16/h6-7,11,16,20H,3-5,8-10,12H2,1-2H3,(H,21,22)/t16-/m1/s1. The number of H-pyrrole nitrogens is 1. The smallest absolute Gasteiger partial charge is 0.189 e. The van der Waals surface area contributed by atoms with Gasteiger partial charge in [-0.3, -0.25) is 4.79 Å². The molecule has 0 amide bonds. The molecule has 2 heterocycles. The van der Waals surface area contributed by atoms with Gasteiger partial charge in [0.15, 0.2) is 5.43 Å². The highest BCUT2D eigenvalue weighted by Crippen LogP contribution is 2.17. The van der Waals surface area contributed by atoms with E-state index in [2.05, 4.69) is 16.4 Å². The van der Waals surface area contributed by atoms with Gasteiger partial charge in [-0.05, 0) is 57.2 Å². The number of ether oxygens (including phenoxy) is 1. The Balaban J connectivity index is 1.64. The lowest BCUT2D eigenvalue weighted by atomic mass is 10.0. The summed E-state index contributed by atoms with van der Waals surface area (Å²) in [7, 11) is 0. The second kappa shape index (κ2) is 7.28. The Kier molecular flexibility index (Phi) is 5.13. The first-order chi connectivity index (χ1) is 11.1. The molecule has 1 aromatic heterocycles. The first kappa shape index (κ1) is 16.2. The molecule has 1 fully saturated rings. The predicted octanol–water partition coefficient (Wildman–Crippen LogP) is 3.19. The van der Waals surface area contributed by atoms with E-state index in [1.165, 1.54) is 19.3 Å². The minimum absolute atomic E-state index is 0.104. The number of aromatic amines is 1. The van der Waals surface area contributed by atoms with E-state index in [-0.39, 0.29) is 5.43 Å². The van der Waals surface area contributed by atoms with Crippen molar-refractivity contribution in [2.24, 2.45) is 0 Å². The highest BCUT2D eigenvalue weighted by Gasteiger charge is 2.13. The average Bonchev–Trinajstić information content (AvgIpc) is 2.56. The normalized spacial score (nSPS) is 18.4. The Labute approximate surface area is 137 Å². The fourth-order valence-corrected chi connectivity index (χ4v) is 3.33. The Morgan fingerprint density at radius 1 is 1.26 bits per heavy atom. The molecule has 1 aliphatic rings. The van der Waals surface area contributed by atoms with Crippen molar-refractivity contribution in [3.05, 3.63) is 45.2 Å². The van der Waals surface area contributed by atoms with Gasteiger partial charge in [0.2, 0.25) is 0 Å². The zero-order valence-electron chi connectivity index (χ0n) is 14.1. The van der Waals surface area contributed by atoms with Crippen LogP contribution in [-0.4, -0.2) is 24.2 Å². The van der Waals surface area contributed by atoms with E-state index in [1.54, 1.807) is 6.07 Å². The van der Waals surface area contributed by atoms with Gasteiger partial charge in [-0.15, -0.1) is 0 Å². The van der Waals surface area contributed by atoms with Crippen LogP contribution < -0.4 is 10.7 Å². The van der Waals surface area contributed by atoms with Crippen LogP contribution in [-0.2, 0) is 11.3 Å². The van der Waals surface area contributed by atoms with Gasteiger partial charge in [0.1, 0.15) is 0 Å². The highest BCUT2D eigenvalue weighted by atomic mass is 16.5. The van der Waals surface area contributed by atoms with Gasteiger partial charge in [0.25, 0.3) is 0 Å². The number of aromatic nitrogens is 1. The second-order valence-corrected chi connectivity index (χ2v) is 6.56. The molecule has 2 N–H and O–H groups in total. The number of hydrogen-bond donors (Lipinski definition) is 2. The number of aryl methyl sites for hydroxylation is 2. The molecule has 1 atom stereocenters. The first-order valence-corrected chi connectivity index (χ1v) is 8.59. The van der Waals surface area contributed by atoms with Crippen LogP contribution in [0.4, 0.5) is 0 Å². The zero-order chi connectivity index (χ0) is 16.2. The van der Waals surface area contributed by atoms with Crippen molar-refractivity contribution in [3.8, 4) is 0 Å². The van der Waals surface area contributed by atoms with Gasteiger partial charge in [-0.25, -0.2) is 0 Å². The van der Waals surface area contributed by atoms with Gasteiger partial charge in [0.05, 0.1) is 11.6 Å². The van der Waals surface area contributed by atoms with Gasteiger partial charge in [0, 0.05) is 30.3 Å². The quantitative estimate of drug-likeness (QED) is 0.833. The number of hydrogen-bond acceptors (Lipinski definition) is 3. The SMILES string of the molecule is Cc1ccc(C)c2c(=O)cc(CNCC[C@H]3CCCCO3)[nH]c12. The third-order valence-corrected chi connectivity index (χ3v) is 4.69. The van der Waals surface area contributed by atoms with E-state index >= 15 is 0 Å². The van der Waals surface area contributed by atoms with Crippen LogP contribution in [0.25, 0.3) is 10.9 Å². The molecular weight excluding hydrogens is 288 g/mol. The zero-order valence-corrected chi connectivity index (χ0v) is 14.1. The molecule has 1 aliphatic heterocycles. The molecule has 0 unspecified atom stereocenters. The number of rotatable bonds is 5. The summed E-state index contributed by atoms with van der Waals surface area (Å²) in [6.07, 6.45) is 5.09. The Morgan fingerprint density at radius 3 is 2.87 bits per heavy atom. The molecule has 1 saturated heterocycles. The summed E-state index contributed by atoms with van der Waals surface area (Å²) in [6.45, 7) is 6.53. The molecular formula is C19H26N2O2. The average molecular weight is 314 g/mol. The predicted molar refractivity (Wildman–Crippen MR) is 94.0 cm³/mol. The number of pyridine rings is 1. The van der Waals surface area contributed by atoms with Gasteiger partial charge < -0.3 is 15.0 Å². The number of benzene rings is 1. The van der Waals surface area contributed by atoms with E-state index in [0.717, 1.165) is 47.3 Å². The summed E-state index contributed by atoms with van der Waals surface area (Å²) in [5.41, 5.74) is 4.15. The summed E-state index contributed by atoms with van der Waals surface area (Å²) < 4.78 is 5.74. The fraction of sp³-hybridized carbons (Fsp3) is 0.526. The van der Waals surface area contributed by atoms with Crippen LogP contribution >= 0.6 is 0 Å². The molecule has 0 radical (unpaired) electrons. The van der Waals surface area contributed by atoms with Gasteiger partial charge >= 0.3 is 0 Å². The molecule has 3 rings (SSSR count). The topological polar surface area (TPSA) is 54.1 Å². The van der Waals surface area contributed by atoms with Crippen molar-refractivity contribution < 1.29 is 4.74 Å². The Hall–Kier alpha value is -1.65. The summed E-state index contributed by atoms with van der Waals surface area (Å²) in [5.74, 6) is 0. The molecule has 0 bridgehead atoms. The van der Waals surface area contributed by atoms with Crippen LogP contribution in [0.3, 0.4) is 0 Å². The van der Waals surface area contributed by atoms with E-state index in [0.29, 0.717) is 12.6 Å². The fourth-order valence-electron chi connectivity index (χ4n) is 3.33. The summed E-state index contributed by atoms with van der Waals surface area (Å²) in [6, 6.07) is 5.79. The summed E-state index contributed by atoms with van der Waals surface area (Å²) in [4.78, 5) is 15.8. The molecule has 1 aromatic carbocycles. The minimum atomic E-state index is 0.104. The largest absolute Gasteiger partial charge is 0.378 e. The molecule has 124 valence electrons. The van der Waals surface area contributed by atoms with Crippen LogP contribution in [0.5, 0.6) is 0 Å². The van der Waals surface area contributed by atoms with Gasteiger partial charge in [-0.1, -0.05) is 12.1 Å². The molecule has 0 spiro atoms. The maximum Gasteiger partial charge on any atom is 0.189 e. The number of nitrogens with one attached hydrogen (secondary N) is 2. The molecule has 2 aromatic rings. The van der Waals surface area contributed by atoms with Crippen LogP contribution in [0, 0.1) is 13.8 Å². The van der Waals surface area contributed by atoms with Crippen molar-refractivity contribution in [1.82, 2.24) is 10.3 Å². The van der Waals surface area contributed by atoms with Crippen molar-refractivity contribution >= 4 is 10.9 Å². The van der Waals surface area contributed by atoms with E-state index in [9.17, 15) is 4.79 Å². The highest BCUT2D eigenvalue weighted by molar-refractivity contribution is 5.84. The third-order valence-electron chi connectivity index (χ3n) is 4.69. The lowest BCUT2D eigenvalue weighted by Crippen LogP contribution is -2.25. The molecule has 0 aliphatic carbocycles. The van der Waals surface area contributed by atoms with E-state index in [4.69, 9.17) is 4.74 Å². The third kappa shape index (κ3) is 3.82. The minimum Gasteiger partial charge on any atom is -0.378 e. The van der Waals surface area contributed by atoms with Crippen LogP contribution in [0.1, 0.15) is 42.5 Å². The second-order valence-electron chi connectivity index (χ2n) is 6.56. The number of fused-ring (bicyclic) bond motifs is 1. The molecule has 4 heteroatoms. The lowest BCUT2D eigenvalue weighted by molar-refractivity contribution is 0.0115. The molecule has 0 saturated carbocycles. The van der Waals surface area contributed by atoms with Crippen molar-refractivity contribution in [1.29, 1.82) is 0 Å². The maximum atomic E-state index is 12.4. The van der Waals surface area contributed by atoms with E-state index in [1.807, 2.05) is 19.9 Å². The van der Waals surface area contributed by atoms with Gasteiger partial charge in [-0.2, -0.15) is 0 Å². The van der Waals surface area contributed by atoms with Crippen molar-refractivity contribution in [2.45, 2.75) is 52.2 Å². The Bertz CT molecular complexity index is 730. The first-order valence-electron chi connectivity index (χ1n) is 8.59. The van der Waals surface area contributed by atoms with Crippen LogP contribution in [0.2, 0.25) is 0 Å². The Morgan fingerprint density at radius 2 is 2.09 bits per heavy atom. The van der Waals surface area contributed by atoms with Crippen molar-refractivity contribution in [3.63, 3.8) is 0 Å². The van der Waals surface area contributed by atoms with E-state index < -0.39 is 0 Å². The maximum absolute atomic E-state index is 12.4. The molecule has 23 heavy (non-hydrogen) atoms. The summed E-state index contributed by atoms with van der Waals surface area (Å²) >= 11 is 0. The van der Waals surface area contributed by atoms with Crippen molar-refractivity contribution in [2.75, 3.05) is 13.2 Å².